The van der Waals surface area contributed by atoms with Crippen LogP contribution in [0, 0.1) is 5.41 Å². The van der Waals surface area contributed by atoms with E-state index < -0.39 is 49.0 Å². The molecule has 0 aromatic rings. The molecule has 8 N–H and O–H groups in total. The molecule has 1 saturated heterocycles. The van der Waals surface area contributed by atoms with Crippen molar-refractivity contribution in [3.8, 4) is 0 Å². The third kappa shape index (κ3) is 6.62. The molecule has 1 amide bonds. The number of likely N-dealkylation sites (N-methyl/N-ethyl adjacent to an activating group) is 1. The average Bonchev–Trinajstić information content (AvgIpc) is 2.51. The number of carbonyl (C=O) groups excluding carboxylic acids is 1. The number of alkyl halides is 3. The molecule has 0 bridgehead atoms. The van der Waals surface area contributed by atoms with Crippen LogP contribution in [0.15, 0.2) is 0 Å². The first-order valence-electron chi connectivity index (χ1n) is 7.03. The van der Waals surface area contributed by atoms with Crippen LogP contribution in [0.25, 0.3) is 0 Å². The topological polar surface area (TPSA) is 192 Å². The summed E-state index contributed by atoms with van der Waals surface area (Å²) in [5.74, 6) is -3.57. The molecule has 0 spiro atoms. The molecule has 26 heavy (non-hydrogen) atoms. The Morgan fingerprint density at radius 1 is 1.27 bits per heavy atom. The quantitative estimate of drug-likeness (QED) is 0.191. The van der Waals surface area contributed by atoms with Gasteiger partial charge in [0, 0.05) is 13.6 Å². The summed E-state index contributed by atoms with van der Waals surface area (Å²) in [4.78, 5) is 23.2. The number of aliphatic hydroxyl groups is 4. The van der Waals surface area contributed by atoms with E-state index in [1.165, 1.54) is 11.9 Å². The zero-order chi connectivity index (χ0) is 20.8. The minimum Gasteiger partial charge on any atom is -0.475 e. The molecule has 0 aliphatic carbocycles. The Kier molecular flexibility index (Phi) is 8.72. The maximum atomic E-state index is 12.0. The summed E-state index contributed by atoms with van der Waals surface area (Å²) in [5, 5.41) is 52.3. The maximum Gasteiger partial charge on any atom is 0.490 e. The van der Waals surface area contributed by atoms with Crippen molar-refractivity contribution in [1.82, 2.24) is 9.80 Å². The smallest absolute Gasteiger partial charge is 0.475 e. The van der Waals surface area contributed by atoms with Gasteiger partial charge < -0.3 is 41.1 Å². The molecule has 0 saturated carbocycles. The number of nitrogens with one attached hydrogen (secondary N) is 1. The summed E-state index contributed by atoms with van der Waals surface area (Å²) in [5.41, 5.74) is 5.21. The number of carboxylic acid groups (broad SMARTS) is 1. The molecule has 0 aromatic carbocycles. The summed E-state index contributed by atoms with van der Waals surface area (Å²) < 4.78 is 31.7. The van der Waals surface area contributed by atoms with Gasteiger partial charge in [-0.05, 0) is 0 Å². The highest BCUT2D eigenvalue weighted by molar-refractivity contribution is 5.84. The third-order valence-corrected chi connectivity index (χ3v) is 3.46. The van der Waals surface area contributed by atoms with Gasteiger partial charge in [0.25, 0.3) is 0 Å². The van der Waals surface area contributed by atoms with Crippen molar-refractivity contribution in [2.75, 3.05) is 26.7 Å². The largest absolute Gasteiger partial charge is 0.490 e. The Balaban J connectivity index is 0.000000758. The lowest BCUT2D eigenvalue weighted by atomic mass is 9.94. The van der Waals surface area contributed by atoms with E-state index >= 15 is 0 Å². The number of nitrogens with two attached hydrogens (primary N) is 1. The number of likely N-dealkylation sites (tertiary alicyclic amines) is 1. The lowest BCUT2D eigenvalue weighted by molar-refractivity contribution is -0.192. The molecule has 0 aromatic heterocycles. The Morgan fingerprint density at radius 2 is 1.73 bits per heavy atom. The third-order valence-electron chi connectivity index (χ3n) is 3.46. The van der Waals surface area contributed by atoms with E-state index in [1.807, 2.05) is 0 Å². The molecular formula is C12H21F3N4O7. The fraction of sp³-hybridized carbons (Fsp3) is 0.750. The average molecular weight is 390 g/mol. The van der Waals surface area contributed by atoms with Crippen LogP contribution in [-0.4, -0.2) is 110 Å². The van der Waals surface area contributed by atoms with E-state index in [-0.39, 0.29) is 19.0 Å². The van der Waals surface area contributed by atoms with E-state index in [2.05, 4.69) is 0 Å². The second-order valence-electron chi connectivity index (χ2n) is 5.39. The lowest BCUT2D eigenvalue weighted by Gasteiger charge is -2.43. The fourth-order valence-corrected chi connectivity index (χ4v) is 1.96. The maximum absolute atomic E-state index is 12.0. The van der Waals surface area contributed by atoms with Gasteiger partial charge in [0.1, 0.15) is 18.3 Å². The van der Waals surface area contributed by atoms with Gasteiger partial charge in [-0.1, -0.05) is 0 Å². The molecular weight excluding hydrogens is 369 g/mol. The van der Waals surface area contributed by atoms with E-state index in [0.717, 1.165) is 4.90 Å². The van der Waals surface area contributed by atoms with Crippen molar-refractivity contribution in [2.45, 2.75) is 30.5 Å². The first-order valence-corrected chi connectivity index (χ1v) is 7.03. The zero-order valence-electron chi connectivity index (χ0n) is 13.6. The van der Waals surface area contributed by atoms with Crippen molar-refractivity contribution in [3.63, 3.8) is 0 Å². The van der Waals surface area contributed by atoms with E-state index in [4.69, 9.17) is 21.0 Å². The van der Waals surface area contributed by atoms with Gasteiger partial charge in [0.2, 0.25) is 5.91 Å². The summed E-state index contributed by atoms with van der Waals surface area (Å²) in [7, 11) is 1.44. The van der Waals surface area contributed by atoms with Crippen molar-refractivity contribution >= 4 is 17.8 Å². The highest BCUT2D eigenvalue weighted by Crippen LogP contribution is 2.19. The van der Waals surface area contributed by atoms with Crippen LogP contribution in [0.5, 0.6) is 0 Å². The van der Waals surface area contributed by atoms with Crippen molar-refractivity contribution in [3.05, 3.63) is 0 Å². The number of piperidine rings is 1. The van der Waals surface area contributed by atoms with Crippen LogP contribution in [-0.2, 0) is 9.59 Å². The van der Waals surface area contributed by atoms with Gasteiger partial charge in [-0.25, -0.2) is 4.79 Å². The molecule has 0 unspecified atom stereocenters. The molecule has 14 heteroatoms. The Bertz CT molecular complexity index is 520. The predicted octanol–water partition coefficient (Wildman–Crippen LogP) is -3.27. The number of β-amino-alcohol motifs (C(OH)–C–C–N with tert-alkyl or cyclic N) is 1. The number of aliphatic hydroxyl groups excluding tert-OH is 4. The van der Waals surface area contributed by atoms with Crippen molar-refractivity contribution in [2.24, 2.45) is 5.73 Å². The number of nitrogens with zero attached hydrogens (tertiary/aromatic N) is 2. The number of guanidine groups is 1. The lowest BCUT2D eigenvalue weighted by Crippen LogP contribution is -2.65. The van der Waals surface area contributed by atoms with Gasteiger partial charge in [-0.3, -0.25) is 10.2 Å². The van der Waals surface area contributed by atoms with Gasteiger partial charge in [-0.15, -0.1) is 0 Å². The molecule has 152 valence electrons. The number of carboxylic acids is 1. The molecule has 1 rings (SSSR count). The highest BCUT2D eigenvalue weighted by atomic mass is 19.4. The number of hydrogen-bond donors (Lipinski definition) is 7. The standard InChI is InChI=1S/C10H20N4O5.C2HF3O2/c1-13(10(11)12)3-7(17)14-2-6(16)9(19)8(18)5(14)4-15;3-2(4,5)1(6)7/h5-6,8-9,15-16,18-19H,2-4H2,1H3,(H3,11,12);(H,6,7)/t5-,6+,8-,9-;/m1./s1. The number of aliphatic carboxylic acids is 1. The van der Waals surface area contributed by atoms with Crippen molar-refractivity contribution in [1.29, 1.82) is 5.41 Å². The number of amides is 1. The molecule has 1 heterocycles. The van der Waals surface area contributed by atoms with E-state index in [0.29, 0.717) is 0 Å². The SMILES string of the molecule is CN(CC(=O)N1C[C@H](O)[C@@H](O)[C@H](O)[C@H]1CO)C(=N)N.O=C(O)C(F)(F)F. The van der Waals surface area contributed by atoms with Gasteiger partial charge in [0.15, 0.2) is 5.96 Å². The number of rotatable bonds is 3. The second kappa shape index (κ2) is 9.51. The number of carbonyl (C=O) groups is 2. The summed E-state index contributed by atoms with van der Waals surface area (Å²) in [6, 6.07) is -0.994. The highest BCUT2D eigenvalue weighted by Gasteiger charge is 2.43. The molecule has 1 aliphatic rings. The van der Waals surface area contributed by atoms with Crippen LogP contribution in [0.4, 0.5) is 13.2 Å². The minimum atomic E-state index is -5.08. The Hall–Kier alpha value is -2.16. The van der Waals surface area contributed by atoms with Crippen molar-refractivity contribution < 1.29 is 48.3 Å². The molecule has 11 nitrogen and oxygen atoms in total. The normalized spacial score (nSPS) is 25.8. The first kappa shape index (κ1) is 23.8. The zero-order valence-corrected chi connectivity index (χ0v) is 13.6. The monoisotopic (exact) mass is 390 g/mol. The van der Waals surface area contributed by atoms with Gasteiger partial charge >= 0.3 is 12.1 Å². The van der Waals surface area contributed by atoms with Crippen LogP contribution in [0.2, 0.25) is 0 Å². The molecule has 1 aliphatic heterocycles. The van der Waals surface area contributed by atoms with E-state index in [1.54, 1.807) is 0 Å². The van der Waals surface area contributed by atoms with Gasteiger partial charge in [0.05, 0.1) is 19.2 Å². The summed E-state index contributed by atoms with van der Waals surface area (Å²) in [6.07, 6.45) is -9.21. The summed E-state index contributed by atoms with van der Waals surface area (Å²) in [6.45, 7) is -0.962. The Morgan fingerprint density at radius 3 is 2.08 bits per heavy atom. The molecule has 0 radical (unpaired) electrons. The predicted molar refractivity (Wildman–Crippen MR) is 78.8 cm³/mol. The second-order valence-corrected chi connectivity index (χ2v) is 5.39. The number of hydrogen-bond acceptors (Lipinski definition) is 7. The summed E-state index contributed by atoms with van der Waals surface area (Å²) >= 11 is 0. The molecule has 1 fully saturated rings. The fourth-order valence-electron chi connectivity index (χ4n) is 1.96. The first-order chi connectivity index (χ1) is 11.7. The van der Waals surface area contributed by atoms with Crippen LogP contribution in [0.1, 0.15) is 0 Å². The molecule has 4 atom stereocenters. The van der Waals surface area contributed by atoms with Gasteiger partial charge in [-0.2, -0.15) is 13.2 Å². The van der Waals surface area contributed by atoms with Crippen LogP contribution >= 0.6 is 0 Å². The minimum absolute atomic E-state index is 0.200. The van der Waals surface area contributed by atoms with E-state index in [9.17, 15) is 38.4 Å². The Labute approximate surface area is 145 Å². The number of halogens is 3. The van der Waals surface area contributed by atoms with Crippen LogP contribution in [0.3, 0.4) is 0 Å². The van der Waals surface area contributed by atoms with Crippen LogP contribution < -0.4 is 5.73 Å².